The van der Waals surface area contributed by atoms with E-state index >= 15 is 0 Å². The molecule has 0 unspecified atom stereocenters. The van der Waals surface area contributed by atoms with Gasteiger partial charge in [-0.1, -0.05) is 18.9 Å². The number of carbonyl (C=O) groups excluding carboxylic acids is 1. The van der Waals surface area contributed by atoms with E-state index in [4.69, 9.17) is 10.00 Å². The van der Waals surface area contributed by atoms with E-state index in [2.05, 4.69) is 5.32 Å². The van der Waals surface area contributed by atoms with Crippen LogP contribution in [0.2, 0.25) is 0 Å². The summed E-state index contributed by atoms with van der Waals surface area (Å²) in [5.74, 6) is -0.474. The van der Waals surface area contributed by atoms with Crippen molar-refractivity contribution in [3.63, 3.8) is 0 Å². The molecule has 2 aliphatic rings. The number of nitrogens with zero attached hydrogens (tertiary/aromatic N) is 2. The molecule has 23 heavy (non-hydrogen) atoms. The molecule has 0 radical (unpaired) electrons. The molecular weight excluding hydrogens is 297 g/mol. The summed E-state index contributed by atoms with van der Waals surface area (Å²) in [6.45, 7) is 1.83. The third-order valence-corrected chi connectivity index (χ3v) is 4.66. The van der Waals surface area contributed by atoms with Crippen LogP contribution in [0.25, 0.3) is 0 Å². The molecule has 1 aliphatic heterocycles. The Bertz CT molecular complexity index is 635. The molecule has 5 nitrogen and oxygen atoms in total. The minimum absolute atomic E-state index is 0.112. The summed E-state index contributed by atoms with van der Waals surface area (Å²) in [6.07, 6.45) is 4.29. The van der Waals surface area contributed by atoms with Crippen LogP contribution in [0.4, 0.5) is 9.18 Å². The lowest BCUT2D eigenvalue weighted by atomic mass is 10.00. The molecule has 1 aromatic carbocycles. The molecule has 0 bridgehead atoms. The molecule has 1 saturated heterocycles. The van der Waals surface area contributed by atoms with Gasteiger partial charge in [0.05, 0.1) is 30.4 Å². The van der Waals surface area contributed by atoms with Gasteiger partial charge in [0, 0.05) is 18.7 Å². The van der Waals surface area contributed by atoms with Gasteiger partial charge in [0.15, 0.2) is 0 Å². The lowest BCUT2D eigenvalue weighted by Gasteiger charge is -2.40. The predicted molar refractivity (Wildman–Crippen MR) is 82.1 cm³/mol. The molecule has 1 spiro atoms. The fraction of sp³-hybridized carbons (Fsp3) is 0.529. The average Bonchev–Trinajstić information content (AvgIpc) is 3.01. The number of nitriles is 1. The number of hydrogen-bond acceptors (Lipinski definition) is 3. The van der Waals surface area contributed by atoms with E-state index in [-0.39, 0.29) is 23.7 Å². The van der Waals surface area contributed by atoms with Gasteiger partial charge in [-0.3, -0.25) is 0 Å². The molecule has 2 amide bonds. The maximum absolute atomic E-state index is 13.8. The highest BCUT2D eigenvalue weighted by molar-refractivity contribution is 5.74. The van der Waals surface area contributed by atoms with Crippen LogP contribution in [0, 0.1) is 17.1 Å². The molecule has 1 heterocycles. The number of urea groups is 1. The molecule has 3 rings (SSSR count). The molecule has 2 fully saturated rings. The molecule has 0 aromatic heterocycles. The summed E-state index contributed by atoms with van der Waals surface area (Å²) in [5, 5.41) is 11.5. The average molecular weight is 317 g/mol. The van der Waals surface area contributed by atoms with Gasteiger partial charge in [0.25, 0.3) is 0 Å². The second-order valence-electron chi connectivity index (χ2n) is 6.24. The van der Waals surface area contributed by atoms with Crippen LogP contribution in [-0.2, 0) is 11.3 Å². The topological polar surface area (TPSA) is 65.4 Å². The molecular formula is C17H20FN3O2. The zero-order valence-electron chi connectivity index (χ0n) is 13.0. The number of amides is 2. The van der Waals surface area contributed by atoms with Gasteiger partial charge in [0.2, 0.25) is 0 Å². The first kappa shape index (κ1) is 15.8. The number of halogens is 1. The van der Waals surface area contributed by atoms with E-state index in [0.717, 1.165) is 25.7 Å². The van der Waals surface area contributed by atoms with Gasteiger partial charge >= 0.3 is 6.03 Å². The lowest BCUT2D eigenvalue weighted by molar-refractivity contribution is -0.0925. The highest BCUT2D eigenvalue weighted by Gasteiger charge is 2.40. The highest BCUT2D eigenvalue weighted by atomic mass is 19.1. The summed E-state index contributed by atoms with van der Waals surface area (Å²) in [5.41, 5.74) is 0.477. The van der Waals surface area contributed by atoms with Crippen LogP contribution in [-0.4, -0.2) is 36.2 Å². The first-order valence-electron chi connectivity index (χ1n) is 7.97. The maximum Gasteiger partial charge on any atom is 0.317 e. The fourth-order valence-corrected chi connectivity index (χ4v) is 3.38. The van der Waals surface area contributed by atoms with Crippen LogP contribution in [0.5, 0.6) is 0 Å². The van der Waals surface area contributed by atoms with E-state index in [0.29, 0.717) is 25.3 Å². The van der Waals surface area contributed by atoms with Gasteiger partial charge in [-0.05, 0) is 25.0 Å². The summed E-state index contributed by atoms with van der Waals surface area (Å²) < 4.78 is 19.7. The minimum Gasteiger partial charge on any atom is -0.371 e. The van der Waals surface area contributed by atoms with Crippen LogP contribution in [0.1, 0.15) is 36.8 Å². The molecule has 122 valence electrons. The molecule has 0 atom stereocenters. The first-order chi connectivity index (χ1) is 11.1. The van der Waals surface area contributed by atoms with Gasteiger partial charge in [-0.25, -0.2) is 9.18 Å². The quantitative estimate of drug-likeness (QED) is 0.911. The van der Waals surface area contributed by atoms with Crippen LogP contribution in [0.15, 0.2) is 18.2 Å². The molecule has 1 aliphatic carbocycles. The smallest absolute Gasteiger partial charge is 0.317 e. The zero-order valence-corrected chi connectivity index (χ0v) is 13.0. The van der Waals surface area contributed by atoms with Crippen molar-refractivity contribution in [3.8, 4) is 6.07 Å². The van der Waals surface area contributed by atoms with Crippen molar-refractivity contribution in [3.05, 3.63) is 35.1 Å². The molecule has 1 saturated carbocycles. The minimum atomic E-state index is -0.474. The zero-order chi connectivity index (χ0) is 16.3. The van der Waals surface area contributed by atoms with Crippen molar-refractivity contribution >= 4 is 6.03 Å². The Labute approximate surface area is 135 Å². The Kier molecular flexibility index (Phi) is 4.49. The number of ether oxygens (including phenoxy) is 1. The Hall–Kier alpha value is -2.13. The standard InChI is InChI=1S/C17H20FN3O2/c18-15-9-13(10-19)3-4-14(15)11-20-16(22)21-7-8-23-17(12-21)5-1-2-6-17/h3-4,9H,1-2,5-8,11-12H2,(H,20,22). The van der Waals surface area contributed by atoms with E-state index in [1.165, 1.54) is 12.1 Å². The fourth-order valence-electron chi connectivity index (χ4n) is 3.38. The summed E-state index contributed by atoms with van der Waals surface area (Å²) in [7, 11) is 0. The Morgan fingerprint density at radius 1 is 1.43 bits per heavy atom. The van der Waals surface area contributed by atoms with Gasteiger partial charge < -0.3 is 15.0 Å². The third-order valence-electron chi connectivity index (χ3n) is 4.66. The lowest BCUT2D eigenvalue weighted by Crippen LogP contribution is -2.54. The normalized spacial score (nSPS) is 19.6. The van der Waals surface area contributed by atoms with E-state index in [1.54, 1.807) is 11.0 Å². The number of rotatable bonds is 2. The monoisotopic (exact) mass is 317 g/mol. The van der Waals surface area contributed by atoms with E-state index in [9.17, 15) is 9.18 Å². The summed E-state index contributed by atoms with van der Waals surface area (Å²) in [6, 6.07) is 5.96. The van der Waals surface area contributed by atoms with Gasteiger partial charge in [0.1, 0.15) is 5.82 Å². The predicted octanol–water partition coefficient (Wildman–Crippen LogP) is 2.55. The second-order valence-corrected chi connectivity index (χ2v) is 6.24. The van der Waals surface area contributed by atoms with Gasteiger partial charge in [-0.2, -0.15) is 5.26 Å². The Morgan fingerprint density at radius 3 is 2.91 bits per heavy atom. The summed E-state index contributed by atoms with van der Waals surface area (Å²) in [4.78, 5) is 14.1. The van der Waals surface area contributed by atoms with Crippen molar-refractivity contribution < 1.29 is 13.9 Å². The molecule has 1 aromatic rings. The number of hydrogen-bond donors (Lipinski definition) is 1. The maximum atomic E-state index is 13.8. The number of carbonyl (C=O) groups is 1. The number of morpholine rings is 1. The van der Waals surface area contributed by atoms with Gasteiger partial charge in [-0.15, -0.1) is 0 Å². The van der Waals surface area contributed by atoms with Crippen molar-refractivity contribution in [2.75, 3.05) is 19.7 Å². The third kappa shape index (κ3) is 3.45. The summed E-state index contributed by atoms with van der Waals surface area (Å²) >= 11 is 0. The van der Waals surface area contributed by atoms with Crippen molar-refractivity contribution in [1.29, 1.82) is 5.26 Å². The van der Waals surface area contributed by atoms with Crippen molar-refractivity contribution in [1.82, 2.24) is 10.2 Å². The highest BCUT2D eigenvalue weighted by Crippen LogP contribution is 2.35. The van der Waals surface area contributed by atoms with E-state index < -0.39 is 5.82 Å². The first-order valence-corrected chi connectivity index (χ1v) is 7.97. The molecule has 6 heteroatoms. The van der Waals surface area contributed by atoms with Crippen LogP contribution >= 0.6 is 0 Å². The molecule has 1 N–H and O–H groups in total. The number of nitrogens with one attached hydrogen (secondary N) is 1. The largest absolute Gasteiger partial charge is 0.371 e. The van der Waals surface area contributed by atoms with Crippen molar-refractivity contribution in [2.24, 2.45) is 0 Å². The Morgan fingerprint density at radius 2 is 2.22 bits per heavy atom. The van der Waals surface area contributed by atoms with Crippen molar-refractivity contribution in [2.45, 2.75) is 37.8 Å². The SMILES string of the molecule is N#Cc1ccc(CNC(=O)N2CCOC3(CCCC3)C2)c(F)c1. The Balaban J connectivity index is 1.58. The van der Waals surface area contributed by atoms with Crippen LogP contribution in [0.3, 0.4) is 0 Å². The second kappa shape index (κ2) is 6.55. The number of benzene rings is 1. The van der Waals surface area contributed by atoms with Crippen LogP contribution < -0.4 is 5.32 Å². The van der Waals surface area contributed by atoms with E-state index in [1.807, 2.05) is 6.07 Å².